The molecule has 0 unspecified atom stereocenters. The standard InChI is InChI=1S/C17H18N6O4S/c24-28(25,13-1-2-14-15(11-13)27-10-9-26-14)22-7-5-21(6-8-22)17-4-3-16-19-18-12-23(16)20-17/h1-4,11-12H,5-10H2. The molecule has 0 amide bonds. The summed E-state index contributed by atoms with van der Waals surface area (Å²) >= 11 is 0. The molecule has 146 valence electrons. The Labute approximate surface area is 161 Å². The fourth-order valence-electron chi connectivity index (χ4n) is 3.38. The lowest BCUT2D eigenvalue weighted by molar-refractivity contribution is 0.171. The van der Waals surface area contributed by atoms with E-state index in [4.69, 9.17) is 9.47 Å². The molecule has 0 aliphatic carbocycles. The van der Waals surface area contributed by atoms with Gasteiger partial charge in [-0.15, -0.1) is 15.3 Å². The Morgan fingerprint density at radius 3 is 2.54 bits per heavy atom. The second-order valence-electron chi connectivity index (χ2n) is 6.52. The second kappa shape index (κ2) is 6.60. The molecule has 0 atom stereocenters. The minimum atomic E-state index is -3.60. The van der Waals surface area contributed by atoms with Crippen LogP contribution >= 0.6 is 0 Å². The van der Waals surface area contributed by atoms with Crippen LogP contribution in [0.4, 0.5) is 5.82 Å². The Bertz CT molecular complexity index is 1120. The first-order valence-corrected chi connectivity index (χ1v) is 10.4. The van der Waals surface area contributed by atoms with Gasteiger partial charge in [0.15, 0.2) is 17.1 Å². The average molecular weight is 402 g/mol. The zero-order chi connectivity index (χ0) is 19.1. The largest absolute Gasteiger partial charge is 0.486 e. The number of benzene rings is 1. The van der Waals surface area contributed by atoms with E-state index in [-0.39, 0.29) is 4.90 Å². The van der Waals surface area contributed by atoms with Crippen LogP contribution in [-0.2, 0) is 10.0 Å². The molecule has 28 heavy (non-hydrogen) atoms. The van der Waals surface area contributed by atoms with E-state index < -0.39 is 10.0 Å². The summed E-state index contributed by atoms with van der Waals surface area (Å²) in [6, 6.07) is 8.47. The third-order valence-electron chi connectivity index (χ3n) is 4.86. The maximum atomic E-state index is 13.0. The van der Waals surface area contributed by atoms with E-state index >= 15 is 0 Å². The molecule has 2 aliphatic heterocycles. The van der Waals surface area contributed by atoms with Crippen molar-refractivity contribution in [2.75, 3.05) is 44.3 Å². The van der Waals surface area contributed by atoms with E-state index in [1.54, 1.807) is 23.0 Å². The van der Waals surface area contributed by atoms with Crippen LogP contribution in [0.3, 0.4) is 0 Å². The van der Waals surface area contributed by atoms with Gasteiger partial charge in [0.2, 0.25) is 10.0 Å². The van der Waals surface area contributed by atoms with Gasteiger partial charge in [-0.3, -0.25) is 0 Å². The molecule has 1 saturated heterocycles. The minimum absolute atomic E-state index is 0.217. The van der Waals surface area contributed by atoms with E-state index in [2.05, 4.69) is 20.2 Å². The molecule has 0 spiro atoms. The smallest absolute Gasteiger partial charge is 0.243 e. The number of ether oxygens (including phenoxy) is 2. The summed E-state index contributed by atoms with van der Waals surface area (Å²) in [4.78, 5) is 2.27. The average Bonchev–Trinajstić information content (AvgIpc) is 3.21. The number of rotatable bonds is 3. The first-order chi connectivity index (χ1) is 13.6. The van der Waals surface area contributed by atoms with Crippen LogP contribution in [0.25, 0.3) is 5.65 Å². The van der Waals surface area contributed by atoms with Crippen molar-refractivity contribution in [1.82, 2.24) is 24.1 Å². The van der Waals surface area contributed by atoms with Crippen LogP contribution in [0.5, 0.6) is 11.5 Å². The normalized spacial score (nSPS) is 17.8. The van der Waals surface area contributed by atoms with Gasteiger partial charge >= 0.3 is 0 Å². The Kier molecular flexibility index (Phi) is 4.05. The third kappa shape index (κ3) is 2.92. The van der Waals surface area contributed by atoms with Crippen molar-refractivity contribution in [3.63, 3.8) is 0 Å². The molecule has 2 aliphatic rings. The van der Waals surface area contributed by atoms with Crippen molar-refractivity contribution in [2.45, 2.75) is 4.90 Å². The monoisotopic (exact) mass is 402 g/mol. The van der Waals surface area contributed by atoms with Crippen LogP contribution in [0.15, 0.2) is 41.6 Å². The van der Waals surface area contributed by atoms with Gasteiger partial charge in [-0.05, 0) is 24.3 Å². The fourth-order valence-corrected chi connectivity index (χ4v) is 4.82. The number of nitrogens with zero attached hydrogens (tertiary/aromatic N) is 6. The number of piperazine rings is 1. The summed E-state index contributed by atoms with van der Waals surface area (Å²) in [5.74, 6) is 1.81. The number of hydrogen-bond acceptors (Lipinski definition) is 8. The molecule has 0 bridgehead atoms. The van der Waals surface area contributed by atoms with Crippen molar-refractivity contribution in [3.05, 3.63) is 36.7 Å². The maximum Gasteiger partial charge on any atom is 0.243 e. The first kappa shape index (κ1) is 17.2. The van der Waals surface area contributed by atoms with Gasteiger partial charge in [-0.2, -0.15) is 8.82 Å². The fraction of sp³-hybridized carbons (Fsp3) is 0.353. The molecule has 0 N–H and O–H groups in total. The molecule has 4 heterocycles. The highest BCUT2D eigenvalue weighted by molar-refractivity contribution is 7.89. The molecular weight excluding hydrogens is 384 g/mol. The summed E-state index contributed by atoms with van der Waals surface area (Å²) in [5, 5.41) is 12.2. The van der Waals surface area contributed by atoms with Gasteiger partial charge in [-0.1, -0.05) is 0 Å². The topological polar surface area (TPSA) is 102 Å². The molecule has 1 fully saturated rings. The highest BCUT2D eigenvalue weighted by atomic mass is 32.2. The van der Waals surface area contributed by atoms with Gasteiger partial charge in [-0.25, -0.2) is 8.42 Å². The molecule has 3 aromatic rings. The zero-order valence-corrected chi connectivity index (χ0v) is 15.7. The molecule has 11 heteroatoms. The first-order valence-electron chi connectivity index (χ1n) is 8.93. The summed E-state index contributed by atoms with van der Waals surface area (Å²) in [5.41, 5.74) is 0.670. The van der Waals surface area contributed by atoms with E-state index in [0.29, 0.717) is 56.5 Å². The molecule has 0 saturated carbocycles. The maximum absolute atomic E-state index is 13.0. The number of sulfonamides is 1. The molecule has 10 nitrogen and oxygen atoms in total. The summed E-state index contributed by atoms with van der Waals surface area (Å²) in [6.45, 7) is 2.72. The molecule has 1 aromatic carbocycles. The van der Waals surface area contributed by atoms with Crippen LogP contribution in [0, 0.1) is 0 Å². The van der Waals surface area contributed by atoms with Crippen molar-refractivity contribution in [1.29, 1.82) is 0 Å². The molecule has 5 rings (SSSR count). The predicted octanol–water partition coefficient (Wildman–Crippen LogP) is 0.406. The second-order valence-corrected chi connectivity index (χ2v) is 8.46. The number of aromatic nitrogens is 4. The van der Waals surface area contributed by atoms with Crippen LogP contribution in [0.1, 0.15) is 0 Å². The van der Waals surface area contributed by atoms with Gasteiger partial charge in [0.25, 0.3) is 0 Å². The summed E-state index contributed by atoms with van der Waals surface area (Å²) in [6.07, 6.45) is 1.54. The highest BCUT2D eigenvalue weighted by Crippen LogP contribution is 2.33. The lowest BCUT2D eigenvalue weighted by atomic mass is 10.3. The van der Waals surface area contributed by atoms with Crippen LogP contribution < -0.4 is 14.4 Å². The Morgan fingerprint density at radius 1 is 0.929 bits per heavy atom. The Hall–Kier alpha value is -2.92. The van der Waals surface area contributed by atoms with Crippen molar-refractivity contribution in [2.24, 2.45) is 0 Å². The van der Waals surface area contributed by atoms with Gasteiger partial charge in [0.05, 0.1) is 4.90 Å². The van der Waals surface area contributed by atoms with Crippen LogP contribution in [0.2, 0.25) is 0 Å². The Morgan fingerprint density at radius 2 is 1.71 bits per heavy atom. The van der Waals surface area contributed by atoms with Crippen molar-refractivity contribution >= 4 is 21.5 Å². The van der Waals surface area contributed by atoms with E-state index in [9.17, 15) is 8.42 Å². The van der Waals surface area contributed by atoms with Gasteiger partial charge < -0.3 is 14.4 Å². The predicted molar refractivity (Wildman–Crippen MR) is 99.2 cm³/mol. The van der Waals surface area contributed by atoms with E-state index in [1.807, 2.05) is 12.1 Å². The zero-order valence-electron chi connectivity index (χ0n) is 14.9. The quantitative estimate of drug-likeness (QED) is 0.621. The third-order valence-corrected chi connectivity index (χ3v) is 6.76. The highest BCUT2D eigenvalue weighted by Gasteiger charge is 2.30. The lowest BCUT2D eigenvalue weighted by Gasteiger charge is -2.34. The SMILES string of the molecule is O=S(=O)(c1ccc2c(c1)OCCO2)N1CCN(c2ccc3nncn3n2)CC1. The lowest BCUT2D eigenvalue weighted by Crippen LogP contribution is -2.49. The van der Waals surface area contributed by atoms with Crippen LogP contribution in [-0.4, -0.2) is 71.9 Å². The van der Waals surface area contributed by atoms with Gasteiger partial charge in [0.1, 0.15) is 25.4 Å². The minimum Gasteiger partial charge on any atom is -0.486 e. The Balaban J connectivity index is 1.32. The molecule has 0 radical (unpaired) electrons. The molecule has 2 aromatic heterocycles. The summed E-state index contributed by atoms with van der Waals surface area (Å²) < 4.78 is 40.1. The van der Waals surface area contributed by atoms with Crippen molar-refractivity contribution < 1.29 is 17.9 Å². The van der Waals surface area contributed by atoms with Gasteiger partial charge in [0, 0.05) is 32.2 Å². The van der Waals surface area contributed by atoms with E-state index in [1.165, 1.54) is 10.4 Å². The number of anilines is 1. The van der Waals surface area contributed by atoms with Crippen molar-refractivity contribution in [3.8, 4) is 11.5 Å². The van der Waals surface area contributed by atoms with E-state index in [0.717, 1.165) is 5.82 Å². The number of hydrogen-bond donors (Lipinski definition) is 0. The molecular formula is C17H18N6O4S. The number of fused-ring (bicyclic) bond motifs is 2. The summed E-state index contributed by atoms with van der Waals surface area (Å²) in [7, 11) is -3.60.